The SMILES string of the molecule is COC1=C(C)OC(Oc2ccc3c(C)c(-c4ccccc4)c(=O)oc3c2)C(OC(N)=O)C1O. The van der Waals surface area contributed by atoms with Crippen LogP contribution in [0.3, 0.4) is 0 Å². The second-order valence-corrected chi connectivity index (χ2v) is 7.49. The number of aliphatic hydroxyl groups is 1. The van der Waals surface area contributed by atoms with Gasteiger partial charge in [-0.3, -0.25) is 0 Å². The van der Waals surface area contributed by atoms with E-state index in [1.54, 1.807) is 19.1 Å². The number of hydrogen-bond acceptors (Lipinski definition) is 8. The van der Waals surface area contributed by atoms with Crippen molar-refractivity contribution in [3.05, 3.63) is 76.0 Å². The first-order chi connectivity index (χ1) is 15.8. The maximum absolute atomic E-state index is 12.7. The molecule has 1 aliphatic heterocycles. The molecule has 9 heteroatoms. The van der Waals surface area contributed by atoms with Gasteiger partial charge in [-0.15, -0.1) is 0 Å². The Morgan fingerprint density at radius 1 is 1.12 bits per heavy atom. The van der Waals surface area contributed by atoms with Crippen LogP contribution in [0.2, 0.25) is 0 Å². The smallest absolute Gasteiger partial charge is 0.405 e. The molecule has 0 saturated carbocycles. The van der Waals surface area contributed by atoms with Crippen LogP contribution in [0.1, 0.15) is 12.5 Å². The molecule has 3 atom stereocenters. The molecule has 1 amide bonds. The molecule has 0 aliphatic carbocycles. The van der Waals surface area contributed by atoms with Crippen molar-refractivity contribution in [3.8, 4) is 16.9 Å². The predicted molar refractivity (Wildman–Crippen MR) is 118 cm³/mol. The first-order valence-electron chi connectivity index (χ1n) is 10.1. The highest BCUT2D eigenvalue weighted by Crippen LogP contribution is 2.32. The van der Waals surface area contributed by atoms with Crippen LogP contribution in [-0.4, -0.2) is 36.8 Å². The van der Waals surface area contributed by atoms with Gasteiger partial charge < -0.3 is 34.2 Å². The van der Waals surface area contributed by atoms with Gasteiger partial charge in [-0.1, -0.05) is 30.3 Å². The maximum Gasteiger partial charge on any atom is 0.405 e. The van der Waals surface area contributed by atoms with Crippen LogP contribution in [0.5, 0.6) is 5.75 Å². The lowest BCUT2D eigenvalue weighted by atomic mass is 10.00. The topological polar surface area (TPSA) is 130 Å². The van der Waals surface area contributed by atoms with Gasteiger partial charge in [-0.2, -0.15) is 0 Å². The molecule has 0 spiro atoms. The summed E-state index contributed by atoms with van der Waals surface area (Å²) in [5, 5.41) is 11.3. The van der Waals surface area contributed by atoms with Crippen LogP contribution in [0.15, 0.2) is 69.3 Å². The number of primary amides is 1. The van der Waals surface area contributed by atoms with Crippen molar-refractivity contribution in [2.75, 3.05) is 7.11 Å². The summed E-state index contributed by atoms with van der Waals surface area (Å²) in [4.78, 5) is 24.1. The number of carbonyl (C=O) groups excluding carboxylic acids is 1. The fraction of sp³-hybridized carbons (Fsp3) is 0.250. The predicted octanol–water partition coefficient (Wildman–Crippen LogP) is 3.21. The van der Waals surface area contributed by atoms with Crippen LogP contribution in [0, 0.1) is 6.92 Å². The van der Waals surface area contributed by atoms with E-state index in [2.05, 4.69) is 0 Å². The molecule has 0 bridgehead atoms. The van der Waals surface area contributed by atoms with Crippen LogP contribution in [-0.2, 0) is 14.2 Å². The van der Waals surface area contributed by atoms with Crippen molar-refractivity contribution in [2.24, 2.45) is 5.73 Å². The van der Waals surface area contributed by atoms with Gasteiger partial charge in [0.25, 0.3) is 6.29 Å². The molecule has 1 aliphatic rings. The summed E-state index contributed by atoms with van der Waals surface area (Å²) in [6, 6.07) is 14.2. The summed E-state index contributed by atoms with van der Waals surface area (Å²) in [5.41, 5.74) is 6.98. The molecule has 33 heavy (non-hydrogen) atoms. The lowest BCUT2D eigenvalue weighted by molar-refractivity contribution is -0.174. The normalized spacial score (nSPS) is 20.3. The van der Waals surface area contributed by atoms with Crippen LogP contribution in [0.25, 0.3) is 22.1 Å². The van der Waals surface area contributed by atoms with E-state index in [1.165, 1.54) is 13.2 Å². The Morgan fingerprint density at radius 2 is 1.85 bits per heavy atom. The Hall–Kier alpha value is -3.98. The van der Waals surface area contributed by atoms with E-state index in [-0.39, 0.29) is 17.3 Å². The zero-order valence-corrected chi connectivity index (χ0v) is 18.2. The quantitative estimate of drug-likeness (QED) is 0.563. The molecule has 2 heterocycles. The third kappa shape index (κ3) is 4.22. The standard InChI is InChI=1S/C24H23NO8/c1-12-16-10-9-15(11-17(16)32-22(27)18(12)14-7-5-4-6-8-14)31-23-21(33-24(25)28)19(26)20(29-3)13(2)30-23/h4-11,19,21,23,26H,1-3H3,(H2,25,28). The minimum Gasteiger partial charge on any atom is -0.495 e. The molecule has 0 saturated heterocycles. The van der Waals surface area contributed by atoms with Crippen molar-refractivity contribution in [1.82, 2.24) is 0 Å². The lowest BCUT2D eigenvalue weighted by Crippen LogP contribution is -2.50. The molecule has 1 aromatic heterocycles. The Balaban J connectivity index is 1.70. The monoisotopic (exact) mass is 453 g/mol. The number of amides is 1. The Labute approximate surface area is 188 Å². The zero-order valence-electron chi connectivity index (χ0n) is 18.2. The highest BCUT2D eigenvalue weighted by atomic mass is 16.7. The Kier molecular flexibility index (Phi) is 5.97. The Bertz CT molecular complexity index is 1280. The van der Waals surface area contributed by atoms with E-state index in [9.17, 15) is 14.7 Å². The van der Waals surface area contributed by atoms with Gasteiger partial charge in [0.15, 0.2) is 11.9 Å². The molecule has 9 nitrogen and oxygen atoms in total. The van der Waals surface area contributed by atoms with Gasteiger partial charge in [0.1, 0.15) is 17.1 Å². The number of benzene rings is 2. The minimum atomic E-state index is -1.35. The number of fused-ring (bicyclic) bond motifs is 1. The molecule has 0 fully saturated rings. The van der Waals surface area contributed by atoms with Gasteiger partial charge in [0, 0.05) is 11.5 Å². The highest BCUT2D eigenvalue weighted by Gasteiger charge is 2.43. The molecule has 172 valence electrons. The summed E-state index contributed by atoms with van der Waals surface area (Å²) >= 11 is 0. The number of rotatable bonds is 5. The molecule has 4 rings (SSSR count). The molecule has 0 radical (unpaired) electrons. The molecule has 2 aromatic carbocycles. The first kappa shape index (κ1) is 22.2. The number of aryl methyl sites for hydroxylation is 1. The van der Waals surface area contributed by atoms with Crippen LogP contribution >= 0.6 is 0 Å². The zero-order chi connectivity index (χ0) is 23.7. The molecular formula is C24H23NO8. The number of nitrogens with two attached hydrogens (primary N) is 1. The third-order valence-corrected chi connectivity index (χ3v) is 5.41. The molecule has 3 aromatic rings. The van der Waals surface area contributed by atoms with Gasteiger partial charge in [-0.25, -0.2) is 9.59 Å². The van der Waals surface area contributed by atoms with Gasteiger partial charge in [0.2, 0.25) is 6.10 Å². The summed E-state index contributed by atoms with van der Waals surface area (Å²) in [6.45, 7) is 3.42. The molecule has 3 unspecified atom stereocenters. The molecular weight excluding hydrogens is 430 g/mol. The number of hydrogen-bond donors (Lipinski definition) is 2. The van der Waals surface area contributed by atoms with E-state index in [0.717, 1.165) is 16.5 Å². The minimum absolute atomic E-state index is 0.0923. The van der Waals surface area contributed by atoms with Gasteiger partial charge >= 0.3 is 11.7 Å². The Morgan fingerprint density at radius 3 is 2.52 bits per heavy atom. The number of aliphatic hydroxyl groups excluding tert-OH is 1. The fourth-order valence-electron chi connectivity index (χ4n) is 3.90. The van der Waals surface area contributed by atoms with E-state index < -0.39 is 30.2 Å². The second kappa shape index (κ2) is 8.87. The maximum atomic E-state index is 12.7. The van der Waals surface area contributed by atoms with Crippen molar-refractivity contribution >= 4 is 17.1 Å². The van der Waals surface area contributed by atoms with Crippen molar-refractivity contribution in [2.45, 2.75) is 32.3 Å². The molecule has 3 N–H and O–H groups in total. The van der Waals surface area contributed by atoms with Gasteiger partial charge in [-0.05, 0) is 37.1 Å². The largest absolute Gasteiger partial charge is 0.495 e. The van der Waals surface area contributed by atoms with E-state index in [1.807, 2.05) is 37.3 Å². The average molecular weight is 453 g/mol. The second-order valence-electron chi connectivity index (χ2n) is 7.49. The van der Waals surface area contributed by atoms with E-state index >= 15 is 0 Å². The van der Waals surface area contributed by atoms with Crippen molar-refractivity contribution in [1.29, 1.82) is 0 Å². The number of allylic oxidation sites excluding steroid dienone is 1. The summed E-state index contributed by atoms with van der Waals surface area (Å²) in [6.07, 6.45) is -4.97. The summed E-state index contributed by atoms with van der Waals surface area (Å²) in [7, 11) is 1.35. The number of ether oxygens (including phenoxy) is 4. The summed E-state index contributed by atoms with van der Waals surface area (Å²) < 4.78 is 27.2. The van der Waals surface area contributed by atoms with E-state index in [4.69, 9.17) is 29.1 Å². The average Bonchev–Trinajstić information content (AvgIpc) is 2.77. The fourth-order valence-corrected chi connectivity index (χ4v) is 3.90. The number of methoxy groups -OCH3 is 1. The number of carbonyl (C=O) groups is 1. The lowest BCUT2D eigenvalue weighted by Gasteiger charge is -2.35. The van der Waals surface area contributed by atoms with E-state index in [0.29, 0.717) is 11.1 Å². The van der Waals surface area contributed by atoms with Crippen LogP contribution < -0.4 is 16.1 Å². The third-order valence-electron chi connectivity index (χ3n) is 5.41. The van der Waals surface area contributed by atoms with Gasteiger partial charge in [0.05, 0.1) is 12.7 Å². The highest BCUT2D eigenvalue weighted by molar-refractivity contribution is 5.87. The van der Waals surface area contributed by atoms with Crippen molar-refractivity contribution < 1.29 is 33.3 Å². The first-order valence-corrected chi connectivity index (χ1v) is 10.1. The van der Waals surface area contributed by atoms with Crippen molar-refractivity contribution in [3.63, 3.8) is 0 Å². The van der Waals surface area contributed by atoms with Crippen LogP contribution in [0.4, 0.5) is 4.79 Å². The summed E-state index contributed by atoms with van der Waals surface area (Å²) in [5.74, 6) is 0.617.